The van der Waals surface area contributed by atoms with Crippen molar-refractivity contribution in [2.75, 3.05) is 0 Å². The number of carbonyl (C=O) groups excluding carboxylic acids is 3. The number of imide groups is 1. The summed E-state index contributed by atoms with van der Waals surface area (Å²) in [4.78, 5) is 36.6. The third-order valence-electron chi connectivity index (χ3n) is 4.01. The summed E-state index contributed by atoms with van der Waals surface area (Å²) in [5.74, 6) is -1.05. The molecule has 6 nitrogen and oxygen atoms in total. The van der Waals surface area contributed by atoms with Crippen molar-refractivity contribution in [2.24, 2.45) is 0 Å². The highest BCUT2D eigenvalue weighted by atomic mass is 32.1. The molecule has 0 unspecified atom stereocenters. The van der Waals surface area contributed by atoms with Crippen LogP contribution in [0.3, 0.4) is 0 Å². The van der Waals surface area contributed by atoms with Gasteiger partial charge < -0.3 is 10.1 Å². The predicted molar refractivity (Wildman–Crippen MR) is 91.7 cm³/mol. The van der Waals surface area contributed by atoms with Gasteiger partial charge in [-0.2, -0.15) is 0 Å². The topological polar surface area (TPSA) is 84.5 Å². The molecular weight excluding hydrogens is 328 g/mol. The molecule has 1 aliphatic carbocycles. The summed E-state index contributed by atoms with van der Waals surface area (Å²) in [6.07, 6.45) is 5.08. The number of esters is 1. The second kappa shape index (κ2) is 9.42. The van der Waals surface area contributed by atoms with Gasteiger partial charge in [0.2, 0.25) is 0 Å². The first-order valence-electron chi connectivity index (χ1n) is 8.38. The van der Waals surface area contributed by atoms with Crippen LogP contribution in [0.15, 0.2) is 17.5 Å². The van der Waals surface area contributed by atoms with Gasteiger partial charge >= 0.3 is 12.0 Å². The fourth-order valence-electron chi connectivity index (χ4n) is 2.67. The monoisotopic (exact) mass is 352 g/mol. The minimum absolute atomic E-state index is 0.121. The van der Waals surface area contributed by atoms with E-state index in [2.05, 4.69) is 10.6 Å². The molecule has 2 N–H and O–H groups in total. The molecule has 132 valence electrons. The Morgan fingerprint density at radius 1 is 1.29 bits per heavy atom. The van der Waals surface area contributed by atoms with E-state index in [4.69, 9.17) is 4.74 Å². The number of hydrogen-bond acceptors (Lipinski definition) is 5. The Morgan fingerprint density at radius 3 is 2.71 bits per heavy atom. The van der Waals surface area contributed by atoms with Crippen molar-refractivity contribution in [2.45, 2.75) is 64.0 Å². The van der Waals surface area contributed by atoms with E-state index in [1.54, 1.807) is 11.3 Å². The number of ether oxygens (including phenoxy) is 1. The summed E-state index contributed by atoms with van der Waals surface area (Å²) < 4.78 is 5.07. The van der Waals surface area contributed by atoms with Crippen molar-refractivity contribution in [3.63, 3.8) is 0 Å². The summed E-state index contributed by atoms with van der Waals surface area (Å²) in [6.45, 7) is 1.46. The van der Waals surface area contributed by atoms with Gasteiger partial charge in [-0.3, -0.25) is 14.9 Å². The lowest BCUT2D eigenvalue weighted by Gasteiger charge is -2.23. The second-order valence-electron chi connectivity index (χ2n) is 6.01. The average molecular weight is 352 g/mol. The summed E-state index contributed by atoms with van der Waals surface area (Å²) in [5, 5.41) is 6.98. The van der Waals surface area contributed by atoms with Crippen LogP contribution >= 0.6 is 11.3 Å². The molecule has 24 heavy (non-hydrogen) atoms. The highest BCUT2D eigenvalue weighted by molar-refractivity contribution is 7.09. The minimum Gasteiger partial charge on any atom is -0.453 e. The Balaban J connectivity index is 1.66. The van der Waals surface area contributed by atoms with E-state index in [0.29, 0.717) is 6.42 Å². The molecule has 1 saturated carbocycles. The van der Waals surface area contributed by atoms with Gasteiger partial charge in [0.25, 0.3) is 5.91 Å². The van der Waals surface area contributed by atoms with Crippen LogP contribution in [-0.4, -0.2) is 30.1 Å². The molecule has 1 aromatic rings. The first-order chi connectivity index (χ1) is 11.5. The SMILES string of the molecule is C[C@H](OC(=O)CCc1cccs1)C(=O)NC(=O)NC1CCCCC1. The number of hydrogen-bond donors (Lipinski definition) is 2. The molecule has 0 spiro atoms. The van der Waals surface area contributed by atoms with Gasteiger partial charge in [-0.25, -0.2) is 4.79 Å². The summed E-state index contributed by atoms with van der Waals surface area (Å²) in [7, 11) is 0. The number of urea groups is 1. The van der Waals surface area contributed by atoms with Gasteiger partial charge in [0.15, 0.2) is 6.10 Å². The fourth-order valence-corrected chi connectivity index (χ4v) is 3.38. The maximum atomic E-state index is 11.9. The van der Waals surface area contributed by atoms with Gasteiger partial charge in [-0.15, -0.1) is 11.3 Å². The maximum Gasteiger partial charge on any atom is 0.321 e. The predicted octanol–water partition coefficient (Wildman–Crippen LogP) is 2.77. The van der Waals surface area contributed by atoms with Crippen molar-refractivity contribution in [1.82, 2.24) is 10.6 Å². The zero-order valence-electron chi connectivity index (χ0n) is 13.9. The summed E-state index contributed by atoms with van der Waals surface area (Å²) in [6, 6.07) is 3.47. The van der Waals surface area contributed by atoms with Crippen LogP contribution in [-0.2, 0) is 20.7 Å². The Kier molecular flexibility index (Phi) is 7.24. The molecule has 1 atom stereocenters. The third kappa shape index (κ3) is 6.31. The minimum atomic E-state index is -0.988. The van der Waals surface area contributed by atoms with E-state index < -0.39 is 24.0 Å². The van der Waals surface area contributed by atoms with E-state index in [9.17, 15) is 14.4 Å². The fraction of sp³-hybridized carbons (Fsp3) is 0.588. The summed E-state index contributed by atoms with van der Waals surface area (Å²) >= 11 is 1.57. The Labute approximate surface area is 146 Å². The quantitative estimate of drug-likeness (QED) is 0.771. The van der Waals surface area contributed by atoms with E-state index in [1.807, 2.05) is 17.5 Å². The molecule has 1 aliphatic rings. The van der Waals surface area contributed by atoms with Crippen LogP contribution in [0.25, 0.3) is 0 Å². The molecule has 2 rings (SSSR count). The lowest BCUT2D eigenvalue weighted by atomic mass is 9.96. The number of aryl methyl sites for hydroxylation is 1. The highest BCUT2D eigenvalue weighted by Gasteiger charge is 2.22. The zero-order chi connectivity index (χ0) is 17.4. The number of rotatable bonds is 6. The molecular formula is C17H24N2O4S. The normalized spacial score (nSPS) is 16.2. The van der Waals surface area contributed by atoms with Crippen LogP contribution in [0.4, 0.5) is 4.79 Å². The Bertz CT molecular complexity index is 553. The Hall–Kier alpha value is -1.89. The second-order valence-corrected chi connectivity index (χ2v) is 7.04. The van der Waals surface area contributed by atoms with Crippen LogP contribution < -0.4 is 10.6 Å². The van der Waals surface area contributed by atoms with Crippen molar-refractivity contribution < 1.29 is 19.1 Å². The number of amides is 3. The molecule has 1 aromatic heterocycles. The molecule has 0 aromatic carbocycles. The molecule has 7 heteroatoms. The largest absolute Gasteiger partial charge is 0.453 e. The van der Waals surface area contributed by atoms with E-state index >= 15 is 0 Å². The molecule has 0 radical (unpaired) electrons. The van der Waals surface area contributed by atoms with E-state index in [1.165, 1.54) is 13.3 Å². The van der Waals surface area contributed by atoms with Crippen LogP contribution in [0.1, 0.15) is 50.3 Å². The molecule has 0 saturated heterocycles. The number of nitrogens with one attached hydrogen (secondary N) is 2. The summed E-state index contributed by atoms with van der Waals surface area (Å²) in [5.41, 5.74) is 0. The number of carbonyl (C=O) groups is 3. The van der Waals surface area contributed by atoms with E-state index in [-0.39, 0.29) is 12.5 Å². The molecule has 0 bridgehead atoms. The highest BCUT2D eigenvalue weighted by Crippen LogP contribution is 2.17. The lowest BCUT2D eigenvalue weighted by Crippen LogP contribution is -2.48. The van der Waals surface area contributed by atoms with Crippen molar-refractivity contribution in [1.29, 1.82) is 0 Å². The van der Waals surface area contributed by atoms with Gasteiger partial charge in [0.1, 0.15) is 0 Å². The average Bonchev–Trinajstić information content (AvgIpc) is 3.07. The van der Waals surface area contributed by atoms with E-state index in [0.717, 1.165) is 30.6 Å². The van der Waals surface area contributed by atoms with Crippen LogP contribution in [0, 0.1) is 0 Å². The smallest absolute Gasteiger partial charge is 0.321 e. The van der Waals surface area contributed by atoms with Gasteiger partial charge in [0.05, 0.1) is 6.42 Å². The Morgan fingerprint density at radius 2 is 2.04 bits per heavy atom. The lowest BCUT2D eigenvalue weighted by molar-refractivity contribution is -0.154. The molecule has 1 fully saturated rings. The zero-order valence-corrected chi connectivity index (χ0v) is 14.7. The van der Waals surface area contributed by atoms with Gasteiger partial charge in [0, 0.05) is 10.9 Å². The third-order valence-corrected chi connectivity index (χ3v) is 4.95. The maximum absolute atomic E-state index is 11.9. The first kappa shape index (κ1) is 18.4. The first-order valence-corrected chi connectivity index (χ1v) is 9.26. The standard InChI is InChI=1S/C17H24N2O4S/c1-12(23-15(20)10-9-14-8-5-11-24-14)16(21)19-17(22)18-13-6-3-2-4-7-13/h5,8,11-13H,2-4,6-7,9-10H2,1H3,(H2,18,19,21,22)/t12-/m0/s1. The molecule has 3 amide bonds. The van der Waals surface area contributed by atoms with Gasteiger partial charge in [-0.1, -0.05) is 25.3 Å². The van der Waals surface area contributed by atoms with Crippen molar-refractivity contribution in [3.05, 3.63) is 22.4 Å². The van der Waals surface area contributed by atoms with Crippen LogP contribution in [0.5, 0.6) is 0 Å². The van der Waals surface area contributed by atoms with Gasteiger partial charge in [-0.05, 0) is 37.6 Å². The van der Waals surface area contributed by atoms with Crippen LogP contribution in [0.2, 0.25) is 0 Å². The molecule has 0 aliphatic heterocycles. The van der Waals surface area contributed by atoms with Crippen molar-refractivity contribution >= 4 is 29.2 Å². The number of thiophene rings is 1. The molecule has 1 heterocycles. The van der Waals surface area contributed by atoms with Crippen molar-refractivity contribution in [3.8, 4) is 0 Å².